The van der Waals surface area contributed by atoms with Crippen molar-refractivity contribution in [2.24, 2.45) is 5.73 Å². The third kappa shape index (κ3) is 4.48. The Morgan fingerprint density at radius 2 is 2.04 bits per heavy atom. The molecule has 3 N–H and O–H groups in total. The van der Waals surface area contributed by atoms with Gasteiger partial charge >= 0.3 is 6.18 Å². The van der Waals surface area contributed by atoms with E-state index in [-0.39, 0.29) is 18.3 Å². The van der Waals surface area contributed by atoms with Crippen LogP contribution in [0.3, 0.4) is 0 Å². The molecule has 1 aromatic carbocycles. The molecule has 28 heavy (non-hydrogen) atoms. The standard InChI is InChI=1S/C19H19F3N4O2/c1-11-8-26(10-16(23)27)9-13-6-12(2-3-15(11)13)18(28)25-17-7-14(4-5-24-17)19(20,21)22/h2-7,11H,8-10H2,1H3,(H2,23,27)(H,24,25,28)/t11-/m0/s1. The van der Waals surface area contributed by atoms with Crippen LogP contribution < -0.4 is 11.1 Å². The number of nitrogens with one attached hydrogen (secondary N) is 1. The third-order valence-corrected chi connectivity index (χ3v) is 4.57. The molecule has 0 unspecified atom stereocenters. The maximum absolute atomic E-state index is 12.8. The molecule has 0 fully saturated rings. The molecular formula is C19H19F3N4O2. The van der Waals surface area contributed by atoms with Crippen molar-refractivity contribution in [3.05, 3.63) is 58.8 Å². The highest BCUT2D eigenvalue weighted by Gasteiger charge is 2.31. The molecule has 0 saturated carbocycles. The van der Waals surface area contributed by atoms with Crippen molar-refractivity contribution < 1.29 is 22.8 Å². The fraction of sp³-hybridized carbons (Fsp3) is 0.316. The third-order valence-electron chi connectivity index (χ3n) is 4.57. The predicted molar refractivity (Wildman–Crippen MR) is 96.5 cm³/mol. The van der Waals surface area contributed by atoms with Gasteiger partial charge in [0, 0.05) is 24.8 Å². The van der Waals surface area contributed by atoms with Crippen molar-refractivity contribution >= 4 is 17.6 Å². The summed E-state index contributed by atoms with van der Waals surface area (Å²) >= 11 is 0. The van der Waals surface area contributed by atoms with Gasteiger partial charge in [0.15, 0.2) is 0 Å². The van der Waals surface area contributed by atoms with Crippen LogP contribution in [0.15, 0.2) is 36.5 Å². The Labute approximate surface area is 159 Å². The molecule has 148 valence electrons. The first-order chi connectivity index (χ1) is 13.1. The minimum Gasteiger partial charge on any atom is -0.369 e. The molecule has 3 rings (SSSR count). The van der Waals surface area contributed by atoms with E-state index in [1.165, 1.54) is 0 Å². The predicted octanol–water partition coefficient (Wildman–Crippen LogP) is 2.76. The number of nitrogens with zero attached hydrogens (tertiary/aromatic N) is 2. The number of primary amides is 1. The lowest BCUT2D eigenvalue weighted by atomic mass is 9.89. The molecule has 2 heterocycles. The summed E-state index contributed by atoms with van der Waals surface area (Å²) in [6.07, 6.45) is -3.52. The van der Waals surface area contributed by atoms with Crippen molar-refractivity contribution in [2.45, 2.75) is 25.6 Å². The first-order valence-electron chi connectivity index (χ1n) is 8.61. The quantitative estimate of drug-likeness (QED) is 0.838. The monoisotopic (exact) mass is 392 g/mol. The highest BCUT2D eigenvalue weighted by Crippen LogP contribution is 2.31. The van der Waals surface area contributed by atoms with E-state index in [2.05, 4.69) is 10.3 Å². The molecule has 1 aromatic heterocycles. The number of benzene rings is 1. The highest BCUT2D eigenvalue weighted by atomic mass is 19.4. The molecule has 0 bridgehead atoms. The van der Waals surface area contributed by atoms with Crippen molar-refractivity contribution in [3.63, 3.8) is 0 Å². The summed E-state index contributed by atoms with van der Waals surface area (Å²) in [6.45, 7) is 3.27. The van der Waals surface area contributed by atoms with Gasteiger partial charge in [-0.2, -0.15) is 13.2 Å². The largest absolute Gasteiger partial charge is 0.416 e. The first-order valence-corrected chi connectivity index (χ1v) is 8.61. The number of alkyl halides is 3. The maximum atomic E-state index is 12.8. The first kappa shape index (κ1) is 19.8. The van der Waals surface area contributed by atoms with Crippen LogP contribution in [0, 0.1) is 0 Å². The van der Waals surface area contributed by atoms with Crippen molar-refractivity contribution in [1.82, 2.24) is 9.88 Å². The number of aromatic nitrogens is 1. The second kappa shape index (κ2) is 7.59. The molecule has 0 radical (unpaired) electrons. The van der Waals surface area contributed by atoms with Crippen LogP contribution in [0.4, 0.5) is 19.0 Å². The smallest absolute Gasteiger partial charge is 0.369 e. The van der Waals surface area contributed by atoms with Crippen LogP contribution in [-0.4, -0.2) is 34.8 Å². The summed E-state index contributed by atoms with van der Waals surface area (Å²) in [5.74, 6) is -1.01. The molecule has 0 aliphatic carbocycles. The van der Waals surface area contributed by atoms with E-state index in [4.69, 9.17) is 5.73 Å². The van der Waals surface area contributed by atoms with Gasteiger partial charge in [0.05, 0.1) is 12.1 Å². The van der Waals surface area contributed by atoms with Gasteiger partial charge in [-0.05, 0) is 41.3 Å². The number of carbonyl (C=O) groups excluding carboxylic acids is 2. The summed E-state index contributed by atoms with van der Waals surface area (Å²) in [7, 11) is 0. The minimum absolute atomic E-state index is 0.119. The number of pyridine rings is 1. The Kier molecular flexibility index (Phi) is 5.37. The van der Waals surface area contributed by atoms with Gasteiger partial charge in [0.1, 0.15) is 5.82 Å². The number of carbonyl (C=O) groups is 2. The second-order valence-electron chi connectivity index (χ2n) is 6.83. The number of nitrogens with two attached hydrogens (primary N) is 1. The Morgan fingerprint density at radius 1 is 1.29 bits per heavy atom. The second-order valence-corrected chi connectivity index (χ2v) is 6.83. The number of fused-ring (bicyclic) bond motifs is 1. The molecule has 2 aromatic rings. The fourth-order valence-corrected chi connectivity index (χ4v) is 3.36. The topological polar surface area (TPSA) is 88.3 Å². The Hall–Kier alpha value is -2.94. The van der Waals surface area contributed by atoms with Crippen LogP contribution in [-0.2, 0) is 17.5 Å². The van der Waals surface area contributed by atoms with Crippen LogP contribution in [0.25, 0.3) is 0 Å². The lowest BCUT2D eigenvalue weighted by Crippen LogP contribution is -2.38. The van der Waals surface area contributed by atoms with Crippen LogP contribution in [0.2, 0.25) is 0 Å². The molecule has 0 saturated heterocycles. The molecule has 0 spiro atoms. The van der Waals surface area contributed by atoms with Gasteiger partial charge in [0.2, 0.25) is 5.91 Å². The van der Waals surface area contributed by atoms with Gasteiger partial charge < -0.3 is 11.1 Å². The molecule has 2 amide bonds. The number of rotatable bonds is 4. The average molecular weight is 392 g/mol. The Balaban J connectivity index is 1.80. The van der Waals surface area contributed by atoms with Crippen molar-refractivity contribution in [3.8, 4) is 0 Å². The lowest BCUT2D eigenvalue weighted by Gasteiger charge is -2.32. The van der Waals surface area contributed by atoms with Crippen molar-refractivity contribution in [2.75, 3.05) is 18.4 Å². The van der Waals surface area contributed by atoms with Crippen LogP contribution in [0.5, 0.6) is 0 Å². The Bertz CT molecular complexity index is 914. The molecular weight excluding hydrogens is 373 g/mol. The molecule has 6 nitrogen and oxygen atoms in total. The Morgan fingerprint density at radius 3 is 2.71 bits per heavy atom. The zero-order valence-electron chi connectivity index (χ0n) is 15.1. The van der Waals surface area contributed by atoms with E-state index >= 15 is 0 Å². The van der Waals surface area contributed by atoms with E-state index in [9.17, 15) is 22.8 Å². The normalized spacial score (nSPS) is 17.1. The maximum Gasteiger partial charge on any atom is 0.416 e. The van der Waals surface area contributed by atoms with E-state index in [0.29, 0.717) is 18.7 Å². The van der Waals surface area contributed by atoms with E-state index in [1.54, 1.807) is 12.1 Å². The van der Waals surface area contributed by atoms with Gasteiger partial charge in [-0.25, -0.2) is 4.98 Å². The molecule has 1 aliphatic heterocycles. The average Bonchev–Trinajstić information content (AvgIpc) is 2.60. The van der Waals surface area contributed by atoms with Gasteiger partial charge in [-0.1, -0.05) is 13.0 Å². The fourth-order valence-electron chi connectivity index (χ4n) is 3.36. The highest BCUT2D eigenvalue weighted by molar-refractivity contribution is 6.04. The zero-order valence-corrected chi connectivity index (χ0v) is 15.1. The van der Waals surface area contributed by atoms with E-state index in [0.717, 1.165) is 29.5 Å². The van der Waals surface area contributed by atoms with E-state index in [1.807, 2.05) is 17.9 Å². The molecule has 1 aliphatic rings. The SMILES string of the molecule is C[C@H]1CN(CC(N)=O)Cc2cc(C(=O)Nc3cc(C(F)(F)F)ccn3)ccc21. The van der Waals surface area contributed by atoms with Gasteiger partial charge in [-0.15, -0.1) is 0 Å². The van der Waals surface area contributed by atoms with Crippen molar-refractivity contribution in [1.29, 1.82) is 0 Å². The molecule has 1 atom stereocenters. The molecule has 9 heteroatoms. The van der Waals surface area contributed by atoms with Gasteiger partial charge in [-0.3, -0.25) is 14.5 Å². The number of hydrogen-bond donors (Lipinski definition) is 2. The van der Waals surface area contributed by atoms with Crippen LogP contribution in [0.1, 0.15) is 39.9 Å². The minimum atomic E-state index is -4.52. The summed E-state index contributed by atoms with van der Waals surface area (Å²) < 4.78 is 38.4. The number of halogens is 3. The summed E-state index contributed by atoms with van der Waals surface area (Å²) in [5, 5.41) is 2.39. The summed E-state index contributed by atoms with van der Waals surface area (Å²) in [6, 6.07) is 6.76. The lowest BCUT2D eigenvalue weighted by molar-refractivity contribution is -0.137. The zero-order chi connectivity index (χ0) is 20.5. The summed E-state index contributed by atoms with van der Waals surface area (Å²) in [4.78, 5) is 29.3. The van der Waals surface area contributed by atoms with Gasteiger partial charge in [0.25, 0.3) is 5.91 Å². The van der Waals surface area contributed by atoms with Crippen LogP contribution >= 0.6 is 0 Å². The number of anilines is 1. The number of hydrogen-bond acceptors (Lipinski definition) is 4. The van der Waals surface area contributed by atoms with E-state index < -0.39 is 23.6 Å². The number of amides is 2. The summed E-state index contributed by atoms with van der Waals surface area (Å²) in [5.41, 5.74) is 6.62.